The van der Waals surface area contributed by atoms with E-state index in [9.17, 15) is 0 Å². The van der Waals surface area contributed by atoms with Gasteiger partial charge < -0.3 is 5.73 Å². The Morgan fingerprint density at radius 1 is 1.53 bits per heavy atom. The molecule has 1 aromatic heterocycles. The smallest absolute Gasteiger partial charge is 0.140 e. The summed E-state index contributed by atoms with van der Waals surface area (Å²) in [5.41, 5.74) is 7.44. The summed E-state index contributed by atoms with van der Waals surface area (Å²) in [6.07, 6.45) is 5.41. The highest BCUT2D eigenvalue weighted by molar-refractivity contribution is 5.25. The molecule has 0 bridgehead atoms. The van der Waals surface area contributed by atoms with Crippen LogP contribution in [0.5, 0.6) is 0 Å². The lowest BCUT2D eigenvalue weighted by molar-refractivity contribution is 0.145. The number of likely N-dealkylation sites (tertiary alicyclic amines) is 1. The van der Waals surface area contributed by atoms with Gasteiger partial charge in [-0.05, 0) is 37.1 Å². The fourth-order valence-electron chi connectivity index (χ4n) is 2.40. The first-order valence-corrected chi connectivity index (χ1v) is 6.12. The second kappa shape index (κ2) is 5.76. The minimum Gasteiger partial charge on any atom is -0.329 e. The molecule has 1 fully saturated rings. The SMILES string of the molecule is N#Cc1cc(CN2CCCCC2CN)ccn1. The van der Waals surface area contributed by atoms with E-state index in [2.05, 4.69) is 16.0 Å². The summed E-state index contributed by atoms with van der Waals surface area (Å²) in [5.74, 6) is 0. The maximum atomic E-state index is 8.82. The monoisotopic (exact) mass is 230 g/mol. The van der Waals surface area contributed by atoms with Gasteiger partial charge in [0.1, 0.15) is 11.8 Å². The minimum absolute atomic E-state index is 0.488. The molecular weight excluding hydrogens is 212 g/mol. The zero-order valence-corrected chi connectivity index (χ0v) is 9.97. The Morgan fingerprint density at radius 2 is 2.41 bits per heavy atom. The lowest BCUT2D eigenvalue weighted by Gasteiger charge is -2.34. The van der Waals surface area contributed by atoms with Crippen molar-refractivity contribution >= 4 is 0 Å². The number of nitrogens with zero attached hydrogens (tertiary/aromatic N) is 3. The molecule has 1 unspecified atom stereocenters. The summed E-state index contributed by atoms with van der Waals surface area (Å²) >= 11 is 0. The highest BCUT2D eigenvalue weighted by Gasteiger charge is 2.20. The third-order valence-corrected chi connectivity index (χ3v) is 3.35. The zero-order valence-electron chi connectivity index (χ0n) is 9.97. The number of hydrogen-bond acceptors (Lipinski definition) is 4. The molecule has 4 heteroatoms. The topological polar surface area (TPSA) is 65.9 Å². The van der Waals surface area contributed by atoms with Crippen molar-refractivity contribution in [2.45, 2.75) is 31.8 Å². The third-order valence-electron chi connectivity index (χ3n) is 3.35. The highest BCUT2D eigenvalue weighted by atomic mass is 15.2. The molecule has 1 atom stereocenters. The third kappa shape index (κ3) is 3.02. The summed E-state index contributed by atoms with van der Waals surface area (Å²) < 4.78 is 0. The quantitative estimate of drug-likeness (QED) is 0.849. The molecule has 1 aliphatic rings. The van der Waals surface area contributed by atoms with E-state index in [1.807, 2.05) is 12.1 Å². The number of nitrogens with two attached hydrogens (primary N) is 1. The van der Waals surface area contributed by atoms with Crippen LogP contribution in [-0.2, 0) is 6.54 Å². The van der Waals surface area contributed by atoms with Crippen LogP contribution in [0.2, 0.25) is 0 Å². The van der Waals surface area contributed by atoms with Gasteiger partial charge in [0.25, 0.3) is 0 Å². The van der Waals surface area contributed by atoms with Gasteiger partial charge in [-0.3, -0.25) is 4.90 Å². The second-order valence-electron chi connectivity index (χ2n) is 4.52. The van der Waals surface area contributed by atoms with E-state index in [0.29, 0.717) is 11.7 Å². The fourth-order valence-corrected chi connectivity index (χ4v) is 2.40. The lowest BCUT2D eigenvalue weighted by atomic mass is 10.0. The van der Waals surface area contributed by atoms with Gasteiger partial charge in [-0.1, -0.05) is 6.42 Å². The van der Waals surface area contributed by atoms with Crippen LogP contribution < -0.4 is 5.73 Å². The maximum Gasteiger partial charge on any atom is 0.140 e. The first kappa shape index (κ1) is 12.0. The molecule has 0 amide bonds. The highest BCUT2D eigenvalue weighted by Crippen LogP contribution is 2.18. The average Bonchev–Trinajstić information content (AvgIpc) is 2.39. The van der Waals surface area contributed by atoms with Crippen molar-refractivity contribution in [3.8, 4) is 6.07 Å². The molecule has 1 aromatic rings. The molecular formula is C13H18N4. The van der Waals surface area contributed by atoms with Crippen molar-refractivity contribution in [3.63, 3.8) is 0 Å². The Morgan fingerprint density at radius 3 is 3.18 bits per heavy atom. The lowest BCUT2D eigenvalue weighted by Crippen LogP contribution is -2.43. The fraction of sp³-hybridized carbons (Fsp3) is 0.538. The molecule has 0 radical (unpaired) electrons. The Bertz CT molecular complexity index is 410. The van der Waals surface area contributed by atoms with Crippen molar-refractivity contribution in [2.24, 2.45) is 5.73 Å². The van der Waals surface area contributed by atoms with Crippen molar-refractivity contribution in [1.82, 2.24) is 9.88 Å². The van der Waals surface area contributed by atoms with Crippen molar-refractivity contribution < 1.29 is 0 Å². The van der Waals surface area contributed by atoms with Crippen LogP contribution >= 0.6 is 0 Å². The summed E-state index contributed by atoms with van der Waals surface area (Å²) in [4.78, 5) is 6.40. The molecule has 0 spiro atoms. The molecule has 2 heterocycles. The van der Waals surface area contributed by atoms with Crippen molar-refractivity contribution in [2.75, 3.05) is 13.1 Å². The van der Waals surface area contributed by atoms with Crippen LogP contribution in [0.1, 0.15) is 30.5 Å². The van der Waals surface area contributed by atoms with Gasteiger partial charge in [-0.25, -0.2) is 4.98 Å². The number of pyridine rings is 1. The van der Waals surface area contributed by atoms with Gasteiger partial charge in [0, 0.05) is 25.3 Å². The van der Waals surface area contributed by atoms with Crippen molar-refractivity contribution in [3.05, 3.63) is 29.6 Å². The second-order valence-corrected chi connectivity index (χ2v) is 4.52. The van der Waals surface area contributed by atoms with Crippen molar-refractivity contribution in [1.29, 1.82) is 5.26 Å². The van der Waals surface area contributed by atoms with Gasteiger partial charge in [0.05, 0.1) is 0 Å². The standard InChI is InChI=1S/C13H18N4/c14-8-12-7-11(4-5-16-12)10-17-6-2-1-3-13(17)9-15/h4-5,7,13H,1-3,6,9-10,15H2. The predicted molar refractivity (Wildman–Crippen MR) is 66.1 cm³/mol. The van der Waals surface area contributed by atoms with E-state index in [1.54, 1.807) is 6.20 Å². The molecule has 0 saturated carbocycles. The number of aromatic nitrogens is 1. The predicted octanol–water partition coefficient (Wildman–Crippen LogP) is 1.27. The molecule has 2 N–H and O–H groups in total. The molecule has 1 saturated heterocycles. The Kier molecular flexibility index (Phi) is 4.08. The van der Waals surface area contributed by atoms with Crippen LogP contribution in [0.15, 0.2) is 18.3 Å². The van der Waals surface area contributed by atoms with Gasteiger partial charge in [-0.2, -0.15) is 5.26 Å². The van der Waals surface area contributed by atoms with E-state index in [4.69, 9.17) is 11.0 Å². The first-order chi connectivity index (χ1) is 8.33. The van der Waals surface area contributed by atoms with Crippen LogP contribution in [0, 0.1) is 11.3 Å². The van der Waals surface area contributed by atoms with E-state index in [1.165, 1.54) is 19.3 Å². The molecule has 1 aliphatic heterocycles. The van der Waals surface area contributed by atoms with E-state index >= 15 is 0 Å². The van der Waals surface area contributed by atoms with E-state index < -0.39 is 0 Å². The van der Waals surface area contributed by atoms with Gasteiger partial charge in [0.15, 0.2) is 0 Å². The molecule has 0 aromatic carbocycles. The van der Waals surface area contributed by atoms with Crippen LogP contribution in [-0.4, -0.2) is 29.0 Å². The van der Waals surface area contributed by atoms with E-state index in [0.717, 1.165) is 25.2 Å². The molecule has 0 aliphatic carbocycles. The number of piperidine rings is 1. The summed E-state index contributed by atoms with van der Waals surface area (Å²) in [5, 5.41) is 8.82. The average molecular weight is 230 g/mol. The van der Waals surface area contributed by atoms with Crippen LogP contribution in [0.3, 0.4) is 0 Å². The zero-order chi connectivity index (χ0) is 12.1. The largest absolute Gasteiger partial charge is 0.329 e. The van der Waals surface area contributed by atoms with Gasteiger partial charge >= 0.3 is 0 Å². The minimum atomic E-state index is 0.488. The maximum absolute atomic E-state index is 8.82. The summed E-state index contributed by atoms with van der Waals surface area (Å²) in [7, 11) is 0. The normalized spacial score (nSPS) is 21.1. The Labute approximate surface area is 102 Å². The number of nitriles is 1. The molecule has 90 valence electrons. The Hall–Kier alpha value is -1.44. The first-order valence-electron chi connectivity index (χ1n) is 6.12. The summed E-state index contributed by atoms with van der Waals surface area (Å²) in [6.45, 7) is 2.70. The van der Waals surface area contributed by atoms with Gasteiger partial charge in [0.2, 0.25) is 0 Å². The Balaban J connectivity index is 2.06. The molecule has 2 rings (SSSR count). The van der Waals surface area contributed by atoms with Gasteiger partial charge in [-0.15, -0.1) is 0 Å². The number of hydrogen-bond donors (Lipinski definition) is 1. The number of rotatable bonds is 3. The summed E-state index contributed by atoms with van der Waals surface area (Å²) in [6, 6.07) is 6.40. The van der Waals surface area contributed by atoms with Crippen LogP contribution in [0.4, 0.5) is 0 Å². The van der Waals surface area contributed by atoms with Crippen LogP contribution in [0.25, 0.3) is 0 Å². The molecule has 17 heavy (non-hydrogen) atoms. The molecule has 4 nitrogen and oxygen atoms in total. The van der Waals surface area contributed by atoms with E-state index in [-0.39, 0.29) is 0 Å².